The van der Waals surface area contributed by atoms with E-state index in [1.807, 2.05) is 20.0 Å². The van der Waals surface area contributed by atoms with Crippen molar-refractivity contribution in [3.8, 4) is 0 Å². The van der Waals surface area contributed by atoms with Crippen molar-refractivity contribution >= 4 is 5.96 Å². The lowest BCUT2D eigenvalue weighted by Crippen LogP contribution is -2.39. The van der Waals surface area contributed by atoms with E-state index in [-0.39, 0.29) is 5.82 Å². The maximum atomic E-state index is 13.5. The zero-order valence-corrected chi connectivity index (χ0v) is 12.1. The Kier molecular flexibility index (Phi) is 6.93. The van der Waals surface area contributed by atoms with E-state index in [1.165, 1.54) is 6.07 Å². The highest BCUT2D eigenvalue weighted by atomic mass is 19.1. The molecule has 0 unspecified atom stereocenters. The highest BCUT2D eigenvalue weighted by molar-refractivity contribution is 5.79. The number of nitrogens with one attached hydrogen (secondary N) is 1. The van der Waals surface area contributed by atoms with E-state index < -0.39 is 0 Å². The predicted octanol–water partition coefficient (Wildman–Crippen LogP) is 3.02. The van der Waals surface area contributed by atoms with Crippen molar-refractivity contribution in [2.75, 3.05) is 20.1 Å². The third-order valence-electron chi connectivity index (χ3n) is 2.90. The predicted molar refractivity (Wildman–Crippen MR) is 78.8 cm³/mol. The zero-order chi connectivity index (χ0) is 14.1. The number of unbranched alkanes of at least 4 members (excludes halogenated alkanes) is 1. The molecule has 19 heavy (non-hydrogen) atoms. The Balaban J connectivity index is 2.70. The van der Waals surface area contributed by atoms with Gasteiger partial charge in [-0.25, -0.2) is 9.38 Å². The first-order valence-corrected chi connectivity index (χ1v) is 6.91. The maximum absolute atomic E-state index is 13.5. The first kappa shape index (κ1) is 15.5. The molecule has 1 aromatic carbocycles. The summed E-state index contributed by atoms with van der Waals surface area (Å²) in [7, 11) is 2.01. The summed E-state index contributed by atoms with van der Waals surface area (Å²) in [6.45, 7) is 6.33. The van der Waals surface area contributed by atoms with Crippen LogP contribution in [0.1, 0.15) is 32.3 Å². The molecule has 0 atom stereocenters. The molecule has 0 bridgehead atoms. The number of nitrogens with zero attached hydrogens (tertiary/aromatic N) is 2. The molecule has 0 saturated heterocycles. The SMILES string of the molecule is CCCCN(C)C(=NCc1ccccc1F)NCC. The molecular formula is C15H24FN3. The quantitative estimate of drug-likeness (QED) is 0.632. The number of halogens is 1. The van der Waals surface area contributed by atoms with Crippen molar-refractivity contribution in [2.24, 2.45) is 4.99 Å². The van der Waals surface area contributed by atoms with Crippen molar-refractivity contribution in [2.45, 2.75) is 33.2 Å². The lowest BCUT2D eigenvalue weighted by molar-refractivity contribution is 0.464. The van der Waals surface area contributed by atoms with Crippen LogP contribution in [0.5, 0.6) is 0 Å². The van der Waals surface area contributed by atoms with Crippen molar-refractivity contribution in [1.29, 1.82) is 0 Å². The van der Waals surface area contributed by atoms with Gasteiger partial charge >= 0.3 is 0 Å². The summed E-state index contributed by atoms with van der Waals surface area (Å²) >= 11 is 0. The van der Waals surface area contributed by atoms with E-state index in [1.54, 1.807) is 12.1 Å². The zero-order valence-electron chi connectivity index (χ0n) is 12.1. The third kappa shape index (κ3) is 5.28. The Labute approximate surface area is 115 Å². The smallest absolute Gasteiger partial charge is 0.193 e. The second-order valence-electron chi connectivity index (χ2n) is 4.54. The number of guanidine groups is 1. The average Bonchev–Trinajstić information content (AvgIpc) is 2.42. The van der Waals surface area contributed by atoms with Crippen molar-refractivity contribution < 1.29 is 4.39 Å². The number of aliphatic imine (C=N–C) groups is 1. The summed E-state index contributed by atoms with van der Waals surface area (Å²) in [5, 5.41) is 3.23. The molecule has 0 radical (unpaired) electrons. The minimum Gasteiger partial charge on any atom is -0.357 e. The Hall–Kier alpha value is -1.58. The highest BCUT2D eigenvalue weighted by Gasteiger charge is 2.05. The summed E-state index contributed by atoms with van der Waals surface area (Å²) in [6.07, 6.45) is 2.28. The van der Waals surface area contributed by atoms with Crippen LogP contribution in [0.15, 0.2) is 29.3 Å². The van der Waals surface area contributed by atoms with E-state index in [9.17, 15) is 4.39 Å². The second kappa shape index (κ2) is 8.51. The van der Waals surface area contributed by atoms with Crippen LogP contribution in [0.3, 0.4) is 0 Å². The molecule has 0 aliphatic heterocycles. The van der Waals surface area contributed by atoms with Crippen molar-refractivity contribution in [3.63, 3.8) is 0 Å². The summed E-state index contributed by atoms with van der Waals surface area (Å²) in [4.78, 5) is 6.58. The van der Waals surface area contributed by atoms with Gasteiger partial charge in [0.2, 0.25) is 0 Å². The van der Waals surface area contributed by atoms with Crippen LogP contribution >= 0.6 is 0 Å². The molecule has 0 heterocycles. The standard InChI is InChI=1S/C15H24FN3/c1-4-6-11-19(3)15(17-5-2)18-12-13-9-7-8-10-14(13)16/h7-10H,4-6,11-12H2,1-3H3,(H,17,18). The van der Waals surface area contributed by atoms with Crippen LogP contribution in [0.4, 0.5) is 4.39 Å². The van der Waals surface area contributed by atoms with Gasteiger partial charge in [-0.1, -0.05) is 31.5 Å². The molecule has 0 aromatic heterocycles. The second-order valence-corrected chi connectivity index (χ2v) is 4.54. The fraction of sp³-hybridized carbons (Fsp3) is 0.533. The average molecular weight is 265 g/mol. The molecule has 3 nitrogen and oxygen atoms in total. The Morgan fingerprint density at radius 2 is 2.05 bits per heavy atom. The van der Waals surface area contributed by atoms with Gasteiger partial charge in [-0.2, -0.15) is 0 Å². The Morgan fingerprint density at radius 1 is 1.32 bits per heavy atom. The number of rotatable bonds is 6. The largest absolute Gasteiger partial charge is 0.357 e. The van der Waals surface area contributed by atoms with Gasteiger partial charge in [-0.05, 0) is 19.4 Å². The molecule has 1 N–H and O–H groups in total. The molecule has 0 amide bonds. The fourth-order valence-corrected chi connectivity index (χ4v) is 1.76. The molecule has 106 valence electrons. The van der Waals surface area contributed by atoms with E-state index >= 15 is 0 Å². The Bertz CT molecular complexity index is 404. The molecule has 1 aromatic rings. The first-order chi connectivity index (χ1) is 9.19. The van der Waals surface area contributed by atoms with Crippen molar-refractivity contribution in [3.05, 3.63) is 35.6 Å². The minimum atomic E-state index is -0.196. The lowest BCUT2D eigenvalue weighted by atomic mass is 10.2. The van der Waals surface area contributed by atoms with Gasteiger partial charge in [-0.3, -0.25) is 0 Å². The van der Waals surface area contributed by atoms with Gasteiger partial charge in [0.1, 0.15) is 5.82 Å². The lowest BCUT2D eigenvalue weighted by Gasteiger charge is -2.21. The molecule has 0 saturated carbocycles. The minimum absolute atomic E-state index is 0.196. The summed E-state index contributed by atoms with van der Waals surface area (Å²) in [6, 6.07) is 6.77. The number of hydrogen-bond acceptors (Lipinski definition) is 1. The van der Waals surface area contributed by atoms with Gasteiger partial charge in [-0.15, -0.1) is 0 Å². The van der Waals surface area contributed by atoms with Crippen molar-refractivity contribution in [1.82, 2.24) is 10.2 Å². The molecular weight excluding hydrogens is 241 g/mol. The van der Waals surface area contributed by atoms with E-state index in [4.69, 9.17) is 0 Å². The monoisotopic (exact) mass is 265 g/mol. The third-order valence-corrected chi connectivity index (χ3v) is 2.90. The first-order valence-electron chi connectivity index (χ1n) is 6.91. The van der Waals surface area contributed by atoms with Crippen LogP contribution in [0, 0.1) is 5.82 Å². The van der Waals surface area contributed by atoms with Gasteiger partial charge in [0.05, 0.1) is 6.54 Å². The molecule has 1 rings (SSSR count). The van der Waals surface area contributed by atoms with Gasteiger partial charge in [0.25, 0.3) is 0 Å². The summed E-state index contributed by atoms with van der Waals surface area (Å²) in [5.41, 5.74) is 0.627. The topological polar surface area (TPSA) is 27.6 Å². The van der Waals surface area contributed by atoms with Gasteiger partial charge in [0, 0.05) is 25.7 Å². The summed E-state index contributed by atoms with van der Waals surface area (Å²) < 4.78 is 13.5. The van der Waals surface area contributed by atoms with E-state index in [0.717, 1.165) is 31.9 Å². The fourth-order valence-electron chi connectivity index (χ4n) is 1.76. The van der Waals surface area contributed by atoms with Crippen LogP contribution in [0.25, 0.3) is 0 Å². The maximum Gasteiger partial charge on any atom is 0.193 e. The molecule has 4 heteroatoms. The highest BCUT2D eigenvalue weighted by Crippen LogP contribution is 2.07. The molecule has 0 aliphatic carbocycles. The van der Waals surface area contributed by atoms with Crippen LogP contribution in [0.2, 0.25) is 0 Å². The van der Waals surface area contributed by atoms with Crippen LogP contribution in [-0.4, -0.2) is 31.0 Å². The van der Waals surface area contributed by atoms with Crippen LogP contribution in [-0.2, 0) is 6.54 Å². The van der Waals surface area contributed by atoms with Crippen LogP contribution < -0.4 is 5.32 Å². The number of hydrogen-bond donors (Lipinski definition) is 1. The normalized spacial score (nSPS) is 11.5. The number of benzene rings is 1. The molecule has 0 spiro atoms. The van der Waals surface area contributed by atoms with Gasteiger partial charge in [0.15, 0.2) is 5.96 Å². The molecule has 0 aliphatic rings. The van der Waals surface area contributed by atoms with E-state index in [2.05, 4.69) is 22.1 Å². The molecule has 0 fully saturated rings. The van der Waals surface area contributed by atoms with E-state index in [0.29, 0.717) is 12.1 Å². The van der Waals surface area contributed by atoms with Gasteiger partial charge < -0.3 is 10.2 Å². The summed E-state index contributed by atoms with van der Waals surface area (Å²) in [5.74, 6) is 0.637. The Morgan fingerprint density at radius 3 is 2.68 bits per heavy atom.